The predicted molar refractivity (Wildman–Crippen MR) is 120 cm³/mol. The van der Waals surface area contributed by atoms with Crippen LogP contribution in [0.4, 0.5) is 0 Å². The topological polar surface area (TPSA) is 76.6 Å². The van der Waals surface area contributed by atoms with Gasteiger partial charge in [0.2, 0.25) is 5.91 Å². The molecular formula is C19H15Cl3N6OS. The number of aromatic nitrogens is 4. The molecule has 11 heteroatoms. The van der Waals surface area contributed by atoms with E-state index in [4.69, 9.17) is 34.8 Å². The molecule has 0 aliphatic carbocycles. The number of hydrazone groups is 1. The highest BCUT2D eigenvalue weighted by Gasteiger charge is 2.15. The molecule has 0 saturated heterocycles. The highest BCUT2D eigenvalue weighted by atomic mass is 35.5. The van der Waals surface area contributed by atoms with Crippen LogP contribution in [0.2, 0.25) is 15.2 Å². The molecule has 0 bridgehead atoms. The van der Waals surface area contributed by atoms with Gasteiger partial charge in [-0.25, -0.2) is 15.1 Å². The summed E-state index contributed by atoms with van der Waals surface area (Å²) in [6, 6.07) is 5.29. The van der Waals surface area contributed by atoms with Crippen molar-refractivity contribution < 1.29 is 4.79 Å². The van der Waals surface area contributed by atoms with Gasteiger partial charge in [0.25, 0.3) is 0 Å². The number of fused-ring (bicyclic) bond motifs is 1. The normalized spacial score (nSPS) is 11.6. The van der Waals surface area contributed by atoms with Crippen molar-refractivity contribution in [3.8, 4) is 0 Å². The fourth-order valence-electron chi connectivity index (χ4n) is 2.89. The van der Waals surface area contributed by atoms with E-state index in [-0.39, 0.29) is 12.3 Å². The van der Waals surface area contributed by atoms with Crippen LogP contribution in [0.5, 0.6) is 0 Å². The maximum absolute atomic E-state index is 12.1. The first-order valence-corrected chi connectivity index (χ1v) is 10.8. The summed E-state index contributed by atoms with van der Waals surface area (Å²) in [6.45, 7) is 2.12. The van der Waals surface area contributed by atoms with Gasteiger partial charge in [-0.2, -0.15) is 10.2 Å². The van der Waals surface area contributed by atoms with Crippen LogP contribution >= 0.6 is 46.1 Å². The van der Waals surface area contributed by atoms with Crippen molar-refractivity contribution in [1.29, 1.82) is 0 Å². The fraction of sp³-hybridized carbons (Fsp3) is 0.158. The van der Waals surface area contributed by atoms with E-state index in [1.54, 1.807) is 29.8 Å². The molecule has 0 aliphatic rings. The fourth-order valence-corrected chi connectivity index (χ4v) is 4.40. The number of benzene rings is 1. The summed E-state index contributed by atoms with van der Waals surface area (Å²) < 4.78 is 3.46. The third-order valence-corrected chi connectivity index (χ3v) is 6.22. The van der Waals surface area contributed by atoms with Crippen LogP contribution in [0.3, 0.4) is 0 Å². The molecule has 3 heterocycles. The summed E-state index contributed by atoms with van der Waals surface area (Å²) in [4.78, 5) is 17.4. The van der Waals surface area contributed by atoms with Gasteiger partial charge in [0.05, 0.1) is 36.1 Å². The molecule has 30 heavy (non-hydrogen) atoms. The number of carbonyl (C=O) groups excluding carboxylic acids is 1. The number of nitrogens with one attached hydrogen (secondary N) is 1. The Morgan fingerprint density at radius 3 is 2.80 bits per heavy atom. The minimum Gasteiger partial charge on any atom is -0.297 e. The lowest BCUT2D eigenvalue weighted by Crippen LogP contribution is -2.20. The maximum atomic E-state index is 12.1. The molecular weight excluding hydrogens is 467 g/mol. The van der Waals surface area contributed by atoms with Gasteiger partial charge in [-0.15, -0.1) is 11.3 Å². The van der Waals surface area contributed by atoms with Gasteiger partial charge in [0.1, 0.15) is 5.15 Å². The maximum Gasteiger partial charge on any atom is 0.246 e. The molecule has 1 N–H and O–H groups in total. The Balaban J connectivity index is 1.43. The van der Waals surface area contributed by atoms with E-state index in [0.29, 0.717) is 38.7 Å². The van der Waals surface area contributed by atoms with Gasteiger partial charge in [-0.05, 0) is 19.1 Å². The van der Waals surface area contributed by atoms with Crippen LogP contribution in [-0.4, -0.2) is 31.3 Å². The Labute approximate surface area is 190 Å². The smallest absolute Gasteiger partial charge is 0.246 e. The zero-order valence-corrected chi connectivity index (χ0v) is 18.7. The summed E-state index contributed by atoms with van der Waals surface area (Å²) in [5.41, 5.74) is 5.16. The summed E-state index contributed by atoms with van der Waals surface area (Å²) in [5.74, 6) is -0.277. The van der Waals surface area contributed by atoms with Gasteiger partial charge in [-0.3, -0.25) is 9.20 Å². The van der Waals surface area contributed by atoms with Crippen LogP contribution in [-0.2, 0) is 17.8 Å². The van der Waals surface area contributed by atoms with E-state index in [0.717, 1.165) is 10.5 Å². The summed E-state index contributed by atoms with van der Waals surface area (Å²) >= 11 is 20.4. The third kappa shape index (κ3) is 4.37. The Kier molecular flexibility index (Phi) is 6.10. The highest BCUT2D eigenvalue weighted by Crippen LogP contribution is 2.27. The number of halogens is 3. The molecule has 0 fully saturated rings. The molecule has 7 nitrogen and oxygen atoms in total. The summed E-state index contributed by atoms with van der Waals surface area (Å²) in [5, 5.41) is 11.8. The second-order valence-corrected chi connectivity index (χ2v) is 8.49. The van der Waals surface area contributed by atoms with Crippen LogP contribution in [0.1, 0.15) is 22.5 Å². The molecule has 0 unspecified atom stereocenters. The third-order valence-electron chi connectivity index (χ3n) is 4.35. The van der Waals surface area contributed by atoms with E-state index in [1.165, 1.54) is 17.6 Å². The van der Waals surface area contributed by atoms with E-state index in [9.17, 15) is 4.79 Å². The first-order valence-electron chi connectivity index (χ1n) is 8.81. The zero-order chi connectivity index (χ0) is 21.3. The lowest BCUT2D eigenvalue weighted by atomic mass is 10.2. The number of rotatable bonds is 6. The molecule has 4 rings (SSSR count). The molecule has 0 aliphatic heterocycles. The van der Waals surface area contributed by atoms with Crippen molar-refractivity contribution in [2.24, 2.45) is 5.10 Å². The number of thiazole rings is 1. The second-order valence-electron chi connectivity index (χ2n) is 6.44. The summed E-state index contributed by atoms with van der Waals surface area (Å²) in [7, 11) is 0. The van der Waals surface area contributed by atoms with Crippen LogP contribution in [0.15, 0.2) is 41.1 Å². The Hall–Kier alpha value is -2.39. The Morgan fingerprint density at radius 1 is 1.30 bits per heavy atom. The average Bonchev–Trinajstić information content (AvgIpc) is 3.34. The molecule has 3 aromatic heterocycles. The largest absolute Gasteiger partial charge is 0.297 e. The second kappa shape index (κ2) is 8.77. The molecule has 0 saturated carbocycles. The SMILES string of the molecule is Cc1nn(Cc2c(Cl)cccc2Cl)c(Cl)c1/C=N/NC(=O)Cc1cn2ccsc2n1. The molecule has 0 atom stereocenters. The van der Waals surface area contributed by atoms with Gasteiger partial charge in [0.15, 0.2) is 4.96 Å². The van der Waals surface area contributed by atoms with E-state index in [1.807, 2.05) is 22.2 Å². The Morgan fingerprint density at radius 2 is 2.07 bits per heavy atom. The number of hydrogen-bond donors (Lipinski definition) is 1. The first-order chi connectivity index (χ1) is 14.4. The molecule has 0 radical (unpaired) electrons. The number of hydrogen-bond acceptors (Lipinski definition) is 5. The van der Waals surface area contributed by atoms with E-state index < -0.39 is 0 Å². The molecule has 1 amide bonds. The van der Waals surface area contributed by atoms with Crippen molar-refractivity contribution in [1.82, 2.24) is 24.6 Å². The number of carbonyl (C=O) groups is 1. The lowest BCUT2D eigenvalue weighted by molar-refractivity contribution is -0.120. The van der Waals surface area contributed by atoms with Gasteiger partial charge < -0.3 is 0 Å². The monoisotopic (exact) mass is 480 g/mol. The summed E-state index contributed by atoms with van der Waals surface area (Å²) in [6.07, 6.45) is 5.31. The van der Waals surface area contributed by atoms with Crippen LogP contribution in [0, 0.1) is 6.92 Å². The van der Waals surface area contributed by atoms with Crippen molar-refractivity contribution in [2.75, 3.05) is 0 Å². The van der Waals surface area contributed by atoms with E-state index in [2.05, 4.69) is 20.6 Å². The minimum absolute atomic E-state index is 0.128. The van der Waals surface area contributed by atoms with Gasteiger partial charge in [0, 0.05) is 33.4 Å². The molecule has 1 aromatic carbocycles. The average molecular weight is 482 g/mol. The number of amides is 1. The molecule has 154 valence electrons. The molecule has 0 spiro atoms. The lowest BCUT2D eigenvalue weighted by Gasteiger charge is -2.08. The van der Waals surface area contributed by atoms with Gasteiger partial charge in [-0.1, -0.05) is 40.9 Å². The standard InChI is InChI=1S/C19H15Cl3N6OS/c1-11-13(18(22)28(26-11)10-14-15(20)3-2-4-16(14)21)8-23-25-17(29)7-12-9-27-5-6-30-19(27)24-12/h2-6,8-9H,7,10H2,1H3,(H,25,29)/b23-8+. The number of imidazole rings is 1. The van der Waals surface area contributed by atoms with Gasteiger partial charge >= 0.3 is 0 Å². The zero-order valence-electron chi connectivity index (χ0n) is 15.6. The number of nitrogens with zero attached hydrogens (tertiary/aromatic N) is 5. The van der Waals surface area contributed by atoms with Crippen LogP contribution in [0.25, 0.3) is 4.96 Å². The minimum atomic E-state index is -0.277. The van der Waals surface area contributed by atoms with Crippen molar-refractivity contribution in [2.45, 2.75) is 19.9 Å². The van der Waals surface area contributed by atoms with Crippen molar-refractivity contribution in [3.05, 3.63) is 73.7 Å². The molecule has 4 aromatic rings. The number of aryl methyl sites for hydroxylation is 1. The van der Waals surface area contributed by atoms with E-state index >= 15 is 0 Å². The Bertz CT molecular complexity index is 1210. The highest BCUT2D eigenvalue weighted by molar-refractivity contribution is 7.15. The van der Waals surface area contributed by atoms with Crippen LogP contribution < -0.4 is 5.43 Å². The quantitative estimate of drug-likeness (QED) is 0.323. The van der Waals surface area contributed by atoms with Crippen molar-refractivity contribution >= 4 is 63.2 Å². The van der Waals surface area contributed by atoms with Crippen molar-refractivity contribution in [3.63, 3.8) is 0 Å². The predicted octanol–water partition coefficient (Wildman–Crippen LogP) is 4.60. The first kappa shape index (κ1) is 20.9.